The van der Waals surface area contributed by atoms with Crippen molar-refractivity contribution >= 4 is 65.6 Å². The molecule has 1 aromatic heterocycles. The van der Waals surface area contributed by atoms with Gasteiger partial charge in [0.05, 0.1) is 0 Å². The summed E-state index contributed by atoms with van der Waals surface area (Å²) in [6.07, 6.45) is 0. The largest absolute Gasteiger partial charge is 0.310 e. The summed E-state index contributed by atoms with van der Waals surface area (Å²) < 4.78 is 2.57. The van der Waals surface area contributed by atoms with E-state index in [0.29, 0.717) is 0 Å². The van der Waals surface area contributed by atoms with Crippen molar-refractivity contribution in [3.63, 3.8) is 0 Å². The Morgan fingerprint density at radius 2 is 0.581 bits per heavy atom. The van der Waals surface area contributed by atoms with Gasteiger partial charge in [0, 0.05) is 54.3 Å². The quantitative estimate of drug-likeness (QED) is 0.195. The zero-order valence-electron chi connectivity index (χ0n) is 25.0. The Hall–Kier alpha value is -4.86. The highest BCUT2D eigenvalue weighted by molar-refractivity contribution is 7.25. The highest BCUT2D eigenvalue weighted by Crippen LogP contribution is 2.43. The Kier molecular flexibility index (Phi) is 6.96. The predicted molar refractivity (Wildman–Crippen MR) is 188 cm³/mol. The van der Waals surface area contributed by atoms with E-state index in [0.717, 1.165) is 34.1 Å². The molecule has 0 aliphatic rings. The van der Waals surface area contributed by atoms with Crippen molar-refractivity contribution < 1.29 is 0 Å². The van der Waals surface area contributed by atoms with Crippen LogP contribution in [0.1, 0.15) is 22.3 Å². The van der Waals surface area contributed by atoms with E-state index in [9.17, 15) is 0 Å². The third-order valence-electron chi connectivity index (χ3n) is 8.13. The average molecular weight is 575 g/mol. The van der Waals surface area contributed by atoms with Gasteiger partial charge in [0.2, 0.25) is 0 Å². The van der Waals surface area contributed by atoms with Crippen molar-refractivity contribution in [2.45, 2.75) is 27.7 Å². The van der Waals surface area contributed by atoms with E-state index in [2.05, 4.69) is 171 Å². The fourth-order valence-corrected chi connectivity index (χ4v) is 6.87. The number of benzene rings is 6. The Morgan fingerprint density at radius 1 is 0.326 bits per heavy atom. The molecule has 0 saturated carbocycles. The maximum atomic E-state index is 2.35. The molecular weight excluding hydrogens is 541 g/mol. The molecule has 0 N–H and O–H groups in total. The van der Waals surface area contributed by atoms with E-state index in [-0.39, 0.29) is 0 Å². The minimum absolute atomic E-state index is 1.16. The Balaban J connectivity index is 1.34. The second-order valence-corrected chi connectivity index (χ2v) is 12.6. The van der Waals surface area contributed by atoms with Crippen LogP contribution in [0.3, 0.4) is 0 Å². The van der Waals surface area contributed by atoms with Gasteiger partial charge in [-0.05, 0) is 100 Å². The summed E-state index contributed by atoms with van der Waals surface area (Å²) in [5, 5.41) is 2.58. The third kappa shape index (κ3) is 5.29. The van der Waals surface area contributed by atoms with Crippen LogP contribution in [0.4, 0.5) is 34.1 Å². The van der Waals surface area contributed by atoms with Gasteiger partial charge in [-0.25, -0.2) is 0 Å². The van der Waals surface area contributed by atoms with Crippen molar-refractivity contribution in [3.05, 3.63) is 156 Å². The van der Waals surface area contributed by atoms with Gasteiger partial charge in [-0.2, -0.15) is 0 Å². The lowest BCUT2D eigenvalue weighted by molar-refractivity contribution is 1.27. The Labute approximate surface area is 258 Å². The van der Waals surface area contributed by atoms with Crippen molar-refractivity contribution in [2.75, 3.05) is 9.80 Å². The van der Waals surface area contributed by atoms with Crippen LogP contribution in [0.5, 0.6) is 0 Å². The van der Waals surface area contributed by atoms with Crippen LogP contribution in [0.15, 0.2) is 133 Å². The molecule has 7 rings (SSSR count). The lowest BCUT2D eigenvalue weighted by atomic mass is 10.1. The van der Waals surface area contributed by atoms with Gasteiger partial charge in [-0.3, -0.25) is 0 Å². The molecule has 0 spiro atoms. The number of nitrogens with zero attached hydrogens (tertiary/aromatic N) is 2. The van der Waals surface area contributed by atoms with E-state index >= 15 is 0 Å². The molecule has 0 amide bonds. The highest BCUT2D eigenvalue weighted by atomic mass is 32.1. The maximum Gasteiger partial charge on any atom is 0.0476 e. The molecule has 0 unspecified atom stereocenters. The van der Waals surface area contributed by atoms with Gasteiger partial charge in [0.15, 0.2) is 0 Å². The van der Waals surface area contributed by atoms with Gasteiger partial charge in [-0.15, -0.1) is 11.3 Å². The van der Waals surface area contributed by atoms with Crippen molar-refractivity contribution in [2.24, 2.45) is 0 Å². The summed E-state index contributed by atoms with van der Waals surface area (Å²) in [5.41, 5.74) is 12.0. The lowest BCUT2D eigenvalue weighted by Crippen LogP contribution is -2.09. The molecule has 0 atom stereocenters. The number of hydrogen-bond donors (Lipinski definition) is 0. The smallest absolute Gasteiger partial charge is 0.0476 e. The van der Waals surface area contributed by atoms with Crippen molar-refractivity contribution in [3.8, 4) is 0 Å². The molecular formula is C40H34N2S. The number of anilines is 6. The number of fused-ring (bicyclic) bond motifs is 3. The van der Waals surface area contributed by atoms with Crippen LogP contribution >= 0.6 is 11.3 Å². The summed E-state index contributed by atoms with van der Waals surface area (Å²) in [6, 6.07) is 48.9. The fourth-order valence-electron chi connectivity index (χ4n) is 5.70. The molecule has 0 fully saturated rings. The van der Waals surface area contributed by atoms with E-state index in [1.165, 1.54) is 42.4 Å². The molecule has 0 aliphatic heterocycles. The standard InChI is InChI=1S/C40H34N2S/c1-27-5-13-31(14-6-27)41(32-15-7-28(2)8-16-32)35-21-23-37-38-24-22-36(26-40(38)43-39(37)25-35)42(33-17-9-29(3)10-18-33)34-19-11-30(4)12-20-34/h5-26H,1-4H3. The van der Waals surface area contributed by atoms with E-state index < -0.39 is 0 Å². The van der Waals surface area contributed by atoms with Gasteiger partial charge < -0.3 is 9.80 Å². The molecule has 2 nitrogen and oxygen atoms in total. The summed E-state index contributed by atoms with van der Waals surface area (Å²) in [4.78, 5) is 4.70. The first-order chi connectivity index (χ1) is 20.9. The van der Waals surface area contributed by atoms with Gasteiger partial charge in [-0.1, -0.05) is 82.9 Å². The molecule has 0 saturated heterocycles. The minimum Gasteiger partial charge on any atom is -0.310 e. The molecule has 3 heteroatoms. The van der Waals surface area contributed by atoms with E-state index in [1.807, 2.05) is 11.3 Å². The van der Waals surface area contributed by atoms with Gasteiger partial charge >= 0.3 is 0 Å². The second-order valence-electron chi connectivity index (χ2n) is 11.5. The van der Waals surface area contributed by atoms with E-state index in [4.69, 9.17) is 0 Å². The van der Waals surface area contributed by atoms with Crippen LogP contribution < -0.4 is 9.80 Å². The first kappa shape index (κ1) is 27.0. The molecule has 0 aliphatic carbocycles. The maximum absolute atomic E-state index is 2.35. The predicted octanol–water partition coefficient (Wildman–Crippen LogP) is 12.2. The normalized spacial score (nSPS) is 11.3. The van der Waals surface area contributed by atoms with Crippen LogP contribution in [0.2, 0.25) is 0 Å². The van der Waals surface area contributed by atoms with Crippen molar-refractivity contribution in [1.29, 1.82) is 0 Å². The van der Waals surface area contributed by atoms with E-state index in [1.54, 1.807) is 0 Å². The van der Waals surface area contributed by atoms with Crippen LogP contribution in [-0.4, -0.2) is 0 Å². The zero-order valence-corrected chi connectivity index (χ0v) is 25.8. The van der Waals surface area contributed by atoms with Gasteiger partial charge in [0.1, 0.15) is 0 Å². The van der Waals surface area contributed by atoms with Crippen LogP contribution in [0, 0.1) is 27.7 Å². The Morgan fingerprint density at radius 3 is 0.860 bits per heavy atom. The monoisotopic (exact) mass is 574 g/mol. The third-order valence-corrected chi connectivity index (χ3v) is 9.24. The number of thiophene rings is 1. The topological polar surface area (TPSA) is 6.48 Å². The summed E-state index contributed by atoms with van der Waals surface area (Å²) in [6.45, 7) is 8.54. The summed E-state index contributed by atoms with van der Waals surface area (Å²) in [5.74, 6) is 0. The van der Waals surface area contributed by atoms with Crippen LogP contribution in [-0.2, 0) is 0 Å². The zero-order chi connectivity index (χ0) is 29.5. The fraction of sp³-hybridized carbons (Fsp3) is 0.100. The second kappa shape index (κ2) is 11.1. The molecule has 210 valence electrons. The minimum atomic E-state index is 1.16. The Bertz CT molecular complexity index is 1800. The average Bonchev–Trinajstić information content (AvgIpc) is 3.38. The molecule has 0 bridgehead atoms. The number of aryl methyl sites for hydroxylation is 4. The van der Waals surface area contributed by atoms with Crippen molar-refractivity contribution in [1.82, 2.24) is 0 Å². The van der Waals surface area contributed by atoms with Gasteiger partial charge in [0.25, 0.3) is 0 Å². The molecule has 43 heavy (non-hydrogen) atoms. The SMILES string of the molecule is Cc1ccc(N(c2ccc(C)cc2)c2ccc3c(c2)sc2cc(N(c4ccc(C)cc4)c4ccc(C)cc4)ccc23)cc1. The summed E-state index contributed by atoms with van der Waals surface area (Å²) >= 11 is 1.86. The van der Waals surface area contributed by atoms with Crippen LogP contribution in [0.25, 0.3) is 20.2 Å². The lowest BCUT2D eigenvalue weighted by Gasteiger charge is -2.26. The first-order valence-corrected chi connectivity index (χ1v) is 15.6. The molecule has 6 aromatic carbocycles. The number of rotatable bonds is 6. The first-order valence-electron chi connectivity index (χ1n) is 14.8. The number of hydrogen-bond acceptors (Lipinski definition) is 3. The highest BCUT2D eigenvalue weighted by Gasteiger charge is 2.17. The summed E-state index contributed by atoms with van der Waals surface area (Å²) in [7, 11) is 0. The molecule has 7 aromatic rings. The molecule has 0 radical (unpaired) electrons. The molecule has 1 heterocycles.